The van der Waals surface area contributed by atoms with Gasteiger partial charge in [0, 0.05) is 18.2 Å². The lowest BCUT2D eigenvalue weighted by atomic mass is 10.2. The molecule has 138 valence electrons. The smallest absolute Gasteiger partial charge is 0.323 e. The van der Waals surface area contributed by atoms with Crippen LogP contribution in [0, 0.1) is 0 Å². The molecule has 1 aromatic rings. The van der Waals surface area contributed by atoms with E-state index in [1.54, 1.807) is 6.92 Å². The second-order valence-electron chi connectivity index (χ2n) is 4.76. The van der Waals surface area contributed by atoms with Gasteiger partial charge < -0.3 is 24.7 Å². The highest BCUT2D eigenvalue weighted by molar-refractivity contribution is 8.14. The number of benzene rings is 1. The van der Waals surface area contributed by atoms with Crippen molar-refractivity contribution in [2.24, 2.45) is 5.73 Å². The van der Waals surface area contributed by atoms with Crippen LogP contribution in [0.1, 0.15) is 24.2 Å². The van der Waals surface area contributed by atoms with Gasteiger partial charge in [-0.25, -0.2) is 0 Å². The number of methoxy groups -OCH3 is 2. The molecule has 0 aromatic heterocycles. The summed E-state index contributed by atoms with van der Waals surface area (Å²) in [5.74, 6) is -0.620. The van der Waals surface area contributed by atoms with E-state index in [0.717, 1.165) is 11.8 Å². The van der Waals surface area contributed by atoms with E-state index in [1.165, 1.54) is 33.3 Å². The van der Waals surface area contributed by atoms with Crippen molar-refractivity contribution < 1.29 is 33.3 Å². The fraction of sp³-hybridized carbons (Fsp3) is 0.438. The Kier molecular flexibility index (Phi) is 8.23. The number of carbonyl (C=O) groups is 3. The van der Waals surface area contributed by atoms with Crippen LogP contribution in [0.15, 0.2) is 12.1 Å². The van der Waals surface area contributed by atoms with Crippen LogP contribution in [0.4, 0.5) is 0 Å². The fourth-order valence-corrected chi connectivity index (χ4v) is 2.56. The molecule has 0 bridgehead atoms. The summed E-state index contributed by atoms with van der Waals surface area (Å²) in [6, 6.07) is 1.94. The molecule has 1 rings (SSSR count). The predicted molar refractivity (Wildman–Crippen MR) is 92.3 cm³/mol. The fourth-order valence-electron chi connectivity index (χ4n) is 1.81. The molecule has 25 heavy (non-hydrogen) atoms. The van der Waals surface area contributed by atoms with Crippen LogP contribution in [-0.4, -0.2) is 49.7 Å². The normalized spacial score (nSPS) is 11.4. The number of carbonyl (C=O) groups excluding carboxylic acids is 3. The molecule has 0 fully saturated rings. The van der Waals surface area contributed by atoms with Gasteiger partial charge in [-0.05, 0) is 19.1 Å². The Bertz CT molecular complexity index is 622. The third-order valence-corrected chi connectivity index (χ3v) is 3.95. The number of nitrogens with two attached hydrogens (primary N) is 1. The Balaban J connectivity index is 2.95. The average molecular weight is 371 g/mol. The summed E-state index contributed by atoms with van der Waals surface area (Å²) in [4.78, 5) is 35.0. The first-order valence-corrected chi connectivity index (χ1v) is 8.36. The van der Waals surface area contributed by atoms with Crippen LogP contribution in [0.2, 0.25) is 0 Å². The molecular formula is C16H21NO7S. The molecule has 0 unspecified atom stereocenters. The van der Waals surface area contributed by atoms with E-state index in [2.05, 4.69) is 0 Å². The number of hydrogen-bond acceptors (Lipinski definition) is 9. The minimum atomic E-state index is -0.905. The summed E-state index contributed by atoms with van der Waals surface area (Å²) < 4.78 is 20.2. The maximum absolute atomic E-state index is 12.3. The maximum Gasteiger partial charge on any atom is 0.323 e. The molecule has 1 atom stereocenters. The van der Waals surface area contributed by atoms with E-state index in [1.807, 2.05) is 0 Å². The molecule has 0 heterocycles. The van der Waals surface area contributed by atoms with Gasteiger partial charge >= 0.3 is 11.9 Å². The van der Waals surface area contributed by atoms with Crippen LogP contribution in [0.3, 0.4) is 0 Å². The van der Waals surface area contributed by atoms with Crippen molar-refractivity contribution in [3.63, 3.8) is 0 Å². The first kappa shape index (κ1) is 20.8. The molecule has 8 nitrogen and oxygen atoms in total. The summed E-state index contributed by atoms with van der Waals surface area (Å²) in [6.07, 6.45) is 0. The molecule has 0 aliphatic heterocycles. The Morgan fingerprint density at radius 2 is 1.72 bits per heavy atom. The lowest BCUT2D eigenvalue weighted by Crippen LogP contribution is -2.35. The second kappa shape index (κ2) is 9.90. The van der Waals surface area contributed by atoms with Crippen LogP contribution < -0.4 is 19.9 Å². The summed E-state index contributed by atoms with van der Waals surface area (Å²) in [7, 11) is 2.75. The number of rotatable bonds is 8. The quantitative estimate of drug-likeness (QED) is 0.535. The second-order valence-corrected chi connectivity index (χ2v) is 5.75. The van der Waals surface area contributed by atoms with E-state index in [0.29, 0.717) is 0 Å². The van der Waals surface area contributed by atoms with Gasteiger partial charge in [0.25, 0.3) is 0 Å². The zero-order chi connectivity index (χ0) is 19.0. The first-order valence-electron chi connectivity index (χ1n) is 7.37. The van der Waals surface area contributed by atoms with Crippen molar-refractivity contribution in [2.75, 3.05) is 26.6 Å². The number of hydrogen-bond donors (Lipinski definition) is 1. The third-order valence-electron chi connectivity index (χ3n) is 2.93. The minimum absolute atomic E-state index is 0.0635. The SMILES string of the molecule is CCOC(=O)[C@@H](N)CSC(=O)c1cc(OC)c(OC(C)=O)c(OC)c1. The molecule has 0 amide bonds. The molecule has 2 N–H and O–H groups in total. The summed E-state index contributed by atoms with van der Waals surface area (Å²) in [5, 5.41) is -0.342. The van der Waals surface area contributed by atoms with Crippen molar-refractivity contribution in [3.8, 4) is 17.2 Å². The van der Waals surface area contributed by atoms with Crippen molar-refractivity contribution in [1.29, 1.82) is 0 Å². The number of ether oxygens (including phenoxy) is 4. The zero-order valence-corrected chi connectivity index (χ0v) is 15.3. The van der Waals surface area contributed by atoms with Gasteiger partial charge in [-0.1, -0.05) is 11.8 Å². The highest BCUT2D eigenvalue weighted by Gasteiger charge is 2.21. The first-order chi connectivity index (χ1) is 11.8. The Labute approximate surface area is 149 Å². The van der Waals surface area contributed by atoms with Gasteiger partial charge in [-0.2, -0.15) is 0 Å². The zero-order valence-electron chi connectivity index (χ0n) is 14.5. The monoisotopic (exact) mass is 371 g/mol. The Morgan fingerprint density at radius 1 is 1.16 bits per heavy atom. The predicted octanol–water partition coefficient (Wildman–Crippen LogP) is 1.39. The molecule has 0 radical (unpaired) electrons. The van der Waals surface area contributed by atoms with E-state index in [4.69, 9.17) is 24.7 Å². The van der Waals surface area contributed by atoms with Crippen molar-refractivity contribution in [3.05, 3.63) is 17.7 Å². The van der Waals surface area contributed by atoms with E-state index in [-0.39, 0.29) is 40.3 Å². The van der Waals surface area contributed by atoms with Crippen molar-refractivity contribution in [1.82, 2.24) is 0 Å². The molecule has 0 aliphatic rings. The minimum Gasteiger partial charge on any atom is -0.493 e. The van der Waals surface area contributed by atoms with E-state index < -0.39 is 18.0 Å². The molecule has 0 aliphatic carbocycles. The summed E-state index contributed by atoms with van der Waals surface area (Å²) >= 11 is 0.866. The third kappa shape index (κ3) is 5.95. The summed E-state index contributed by atoms with van der Waals surface area (Å²) in [6.45, 7) is 3.13. The van der Waals surface area contributed by atoms with Gasteiger partial charge in [0.15, 0.2) is 11.5 Å². The number of thioether (sulfide) groups is 1. The maximum atomic E-state index is 12.3. The number of esters is 2. The Hall–Kier alpha value is -2.26. The standard InChI is InChI=1S/C16H21NO7S/c1-5-23-15(19)11(17)8-25-16(20)10-6-12(21-3)14(24-9(2)18)13(7-10)22-4/h6-7,11H,5,8,17H2,1-4H3/t11-/m0/s1. The molecular weight excluding hydrogens is 350 g/mol. The van der Waals surface area contributed by atoms with Gasteiger partial charge in [0.05, 0.1) is 20.8 Å². The molecule has 0 saturated carbocycles. The highest BCUT2D eigenvalue weighted by Crippen LogP contribution is 2.39. The lowest BCUT2D eigenvalue weighted by Gasteiger charge is -2.14. The van der Waals surface area contributed by atoms with Crippen LogP contribution >= 0.6 is 11.8 Å². The largest absolute Gasteiger partial charge is 0.493 e. The lowest BCUT2D eigenvalue weighted by molar-refractivity contribution is -0.144. The molecule has 1 aromatic carbocycles. The van der Waals surface area contributed by atoms with Gasteiger partial charge in [-0.15, -0.1) is 0 Å². The van der Waals surface area contributed by atoms with Gasteiger partial charge in [-0.3, -0.25) is 14.4 Å². The van der Waals surface area contributed by atoms with Crippen LogP contribution in [0.25, 0.3) is 0 Å². The van der Waals surface area contributed by atoms with E-state index >= 15 is 0 Å². The Morgan fingerprint density at radius 3 is 2.16 bits per heavy atom. The van der Waals surface area contributed by atoms with Gasteiger partial charge in [0.1, 0.15) is 6.04 Å². The van der Waals surface area contributed by atoms with Crippen LogP contribution in [0.5, 0.6) is 17.2 Å². The highest BCUT2D eigenvalue weighted by atomic mass is 32.2. The molecule has 9 heteroatoms. The summed E-state index contributed by atoms with van der Waals surface area (Å²) in [5.41, 5.74) is 5.92. The average Bonchev–Trinajstić information content (AvgIpc) is 2.58. The van der Waals surface area contributed by atoms with Crippen molar-refractivity contribution >= 4 is 28.8 Å². The van der Waals surface area contributed by atoms with E-state index in [9.17, 15) is 14.4 Å². The molecule has 0 saturated heterocycles. The van der Waals surface area contributed by atoms with Crippen LogP contribution in [-0.2, 0) is 14.3 Å². The topological polar surface area (TPSA) is 114 Å². The van der Waals surface area contributed by atoms with Crippen molar-refractivity contribution in [2.45, 2.75) is 19.9 Å². The van der Waals surface area contributed by atoms with Gasteiger partial charge in [0.2, 0.25) is 10.9 Å². The molecule has 0 spiro atoms.